The third-order valence-corrected chi connectivity index (χ3v) is 4.92. The maximum atomic E-state index is 12.8. The lowest BCUT2D eigenvalue weighted by atomic mass is 10.1. The third-order valence-electron chi connectivity index (χ3n) is 4.92. The van der Waals surface area contributed by atoms with Crippen molar-refractivity contribution in [3.63, 3.8) is 0 Å². The Labute approximate surface area is 168 Å². The minimum absolute atomic E-state index is 0.288. The van der Waals surface area contributed by atoms with Crippen LogP contribution in [0.3, 0.4) is 0 Å². The Morgan fingerprint density at radius 1 is 1.24 bits per heavy atom. The number of aliphatic hydroxyl groups is 1. The van der Waals surface area contributed by atoms with Crippen LogP contribution in [0.5, 0.6) is 0 Å². The van der Waals surface area contributed by atoms with Gasteiger partial charge in [0.05, 0.1) is 17.5 Å². The first-order valence-electron chi connectivity index (χ1n) is 9.74. The number of rotatable bonds is 7. The van der Waals surface area contributed by atoms with Crippen molar-refractivity contribution in [1.29, 1.82) is 0 Å². The number of carbonyl (C=O) groups is 1. The molecule has 1 fully saturated rings. The van der Waals surface area contributed by atoms with Gasteiger partial charge >= 0.3 is 0 Å². The van der Waals surface area contributed by atoms with Gasteiger partial charge in [0, 0.05) is 43.8 Å². The van der Waals surface area contributed by atoms with Crippen LogP contribution in [-0.4, -0.2) is 45.6 Å². The fraction of sp³-hybridized carbons (Fsp3) is 0.333. The van der Waals surface area contributed by atoms with Crippen LogP contribution in [0.4, 0.5) is 5.95 Å². The molecule has 0 aliphatic carbocycles. The van der Waals surface area contributed by atoms with Crippen LogP contribution in [0.2, 0.25) is 0 Å². The molecule has 1 aliphatic heterocycles. The second-order valence-electron chi connectivity index (χ2n) is 6.94. The van der Waals surface area contributed by atoms with Crippen LogP contribution >= 0.6 is 0 Å². The molecular formula is C21H23N5O3. The van der Waals surface area contributed by atoms with E-state index >= 15 is 0 Å². The largest absolute Gasteiger partial charge is 0.467 e. The molecule has 29 heavy (non-hydrogen) atoms. The van der Waals surface area contributed by atoms with Gasteiger partial charge in [-0.3, -0.25) is 9.78 Å². The predicted molar refractivity (Wildman–Crippen MR) is 107 cm³/mol. The first kappa shape index (κ1) is 19.1. The van der Waals surface area contributed by atoms with Crippen LogP contribution in [-0.2, 0) is 0 Å². The summed E-state index contributed by atoms with van der Waals surface area (Å²) in [6.45, 7) is 2.13. The molecule has 1 amide bonds. The minimum Gasteiger partial charge on any atom is -0.467 e. The number of nitrogens with one attached hydrogen (secondary N) is 1. The summed E-state index contributed by atoms with van der Waals surface area (Å²) in [6.07, 6.45) is 8.26. The van der Waals surface area contributed by atoms with E-state index in [0.717, 1.165) is 31.5 Å². The molecule has 0 bridgehead atoms. The van der Waals surface area contributed by atoms with Gasteiger partial charge in [-0.25, -0.2) is 9.97 Å². The second kappa shape index (κ2) is 8.83. The van der Waals surface area contributed by atoms with E-state index in [1.807, 2.05) is 12.1 Å². The summed E-state index contributed by atoms with van der Waals surface area (Å²) in [5, 5.41) is 12.9. The maximum absolute atomic E-state index is 12.8. The van der Waals surface area contributed by atoms with Crippen LogP contribution in [0.25, 0.3) is 11.3 Å². The van der Waals surface area contributed by atoms with E-state index < -0.39 is 6.10 Å². The summed E-state index contributed by atoms with van der Waals surface area (Å²) in [4.78, 5) is 28.2. The summed E-state index contributed by atoms with van der Waals surface area (Å²) < 4.78 is 5.18. The number of carbonyl (C=O) groups excluding carboxylic acids is 1. The maximum Gasteiger partial charge on any atom is 0.255 e. The monoisotopic (exact) mass is 393 g/mol. The number of amides is 1. The molecule has 4 heterocycles. The number of aromatic nitrogens is 3. The molecule has 1 unspecified atom stereocenters. The summed E-state index contributed by atoms with van der Waals surface area (Å²) in [5.41, 5.74) is 1.70. The molecule has 1 atom stereocenters. The van der Waals surface area contributed by atoms with Crippen molar-refractivity contribution in [1.82, 2.24) is 20.3 Å². The lowest BCUT2D eigenvalue weighted by Crippen LogP contribution is -2.27. The van der Waals surface area contributed by atoms with Crippen molar-refractivity contribution in [3.05, 3.63) is 60.4 Å². The number of furan rings is 1. The van der Waals surface area contributed by atoms with Gasteiger partial charge in [0.15, 0.2) is 0 Å². The highest BCUT2D eigenvalue weighted by Gasteiger charge is 2.21. The Kier molecular flexibility index (Phi) is 5.81. The molecular weight excluding hydrogens is 370 g/mol. The van der Waals surface area contributed by atoms with Gasteiger partial charge in [0.25, 0.3) is 5.91 Å². The van der Waals surface area contributed by atoms with E-state index in [2.05, 4.69) is 25.2 Å². The van der Waals surface area contributed by atoms with Crippen molar-refractivity contribution in [2.24, 2.45) is 0 Å². The lowest BCUT2D eigenvalue weighted by molar-refractivity contribution is 0.0936. The van der Waals surface area contributed by atoms with E-state index in [1.165, 1.54) is 6.26 Å². The Morgan fingerprint density at radius 2 is 2.10 bits per heavy atom. The zero-order valence-corrected chi connectivity index (χ0v) is 16.0. The fourth-order valence-corrected chi connectivity index (χ4v) is 3.37. The smallest absolute Gasteiger partial charge is 0.255 e. The molecule has 0 radical (unpaired) electrons. The van der Waals surface area contributed by atoms with E-state index in [9.17, 15) is 9.90 Å². The van der Waals surface area contributed by atoms with Gasteiger partial charge in [0.2, 0.25) is 5.95 Å². The summed E-state index contributed by atoms with van der Waals surface area (Å²) in [5.74, 6) is 0.822. The average molecular weight is 393 g/mol. The van der Waals surface area contributed by atoms with Crippen molar-refractivity contribution in [2.75, 3.05) is 24.5 Å². The number of hydrogen-bond acceptors (Lipinski definition) is 7. The second-order valence-corrected chi connectivity index (χ2v) is 6.94. The molecule has 8 nitrogen and oxygen atoms in total. The molecule has 8 heteroatoms. The van der Waals surface area contributed by atoms with Gasteiger partial charge in [-0.05, 0) is 43.5 Å². The highest BCUT2D eigenvalue weighted by molar-refractivity contribution is 5.99. The van der Waals surface area contributed by atoms with Crippen molar-refractivity contribution < 1.29 is 14.3 Å². The van der Waals surface area contributed by atoms with Crippen LogP contribution in [0.15, 0.2) is 53.5 Å². The van der Waals surface area contributed by atoms with Crippen LogP contribution < -0.4 is 10.2 Å². The number of pyridine rings is 1. The highest BCUT2D eigenvalue weighted by Crippen LogP contribution is 2.24. The molecule has 150 valence electrons. The summed E-state index contributed by atoms with van der Waals surface area (Å²) in [6, 6.07) is 7.11. The van der Waals surface area contributed by atoms with Crippen LogP contribution in [0, 0.1) is 0 Å². The van der Waals surface area contributed by atoms with Crippen molar-refractivity contribution in [3.8, 4) is 11.3 Å². The van der Waals surface area contributed by atoms with E-state index in [-0.39, 0.29) is 5.91 Å². The summed E-state index contributed by atoms with van der Waals surface area (Å²) >= 11 is 0. The first-order valence-corrected chi connectivity index (χ1v) is 9.74. The van der Waals surface area contributed by atoms with Crippen molar-refractivity contribution >= 4 is 11.9 Å². The molecule has 3 aromatic heterocycles. The fourth-order valence-electron chi connectivity index (χ4n) is 3.37. The zero-order chi connectivity index (χ0) is 20.1. The molecule has 0 aromatic carbocycles. The van der Waals surface area contributed by atoms with Gasteiger partial charge in [-0.15, -0.1) is 0 Å². The van der Waals surface area contributed by atoms with Crippen LogP contribution in [0.1, 0.15) is 41.5 Å². The standard InChI is InChI=1S/C21H23N5O3/c27-17(18-6-4-12-29-18)7-9-23-20(28)16-14-24-21(26-10-1-2-11-26)25-19(16)15-5-3-8-22-13-15/h3-6,8,12-14,17,27H,1-2,7,9-11H2,(H,23,28). The van der Waals surface area contributed by atoms with E-state index in [4.69, 9.17) is 4.42 Å². The molecule has 2 N–H and O–H groups in total. The Bertz CT molecular complexity index is 940. The number of hydrogen-bond donors (Lipinski definition) is 2. The van der Waals surface area contributed by atoms with E-state index in [1.54, 1.807) is 30.7 Å². The SMILES string of the molecule is O=C(NCCC(O)c1ccco1)c1cnc(N2CCCC2)nc1-c1cccnc1. The van der Waals surface area contributed by atoms with Crippen molar-refractivity contribution in [2.45, 2.75) is 25.4 Å². The normalized spacial score (nSPS) is 14.7. The van der Waals surface area contributed by atoms with E-state index in [0.29, 0.717) is 35.9 Å². The number of anilines is 1. The molecule has 0 saturated carbocycles. The molecule has 4 rings (SSSR count). The number of aliphatic hydroxyl groups excluding tert-OH is 1. The average Bonchev–Trinajstić information content (AvgIpc) is 3.48. The Hall–Kier alpha value is -3.26. The van der Waals surface area contributed by atoms with Gasteiger partial charge in [-0.2, -0.15) is 0 Å². The van der Waals surface area contributed by atoms with Gasteiger partial charge in [0.1, 0.15) is 11.9 Å². The first-order chi connectivity index (χ1) is 14.2. The summed E-state index contributed by atoms with van der Waals surface area (Å²) in [7, 11) is 0. The Balaban J connectivity index is 1.51. The minimum atomic E-state index is -0.767. The molecule has 3 aromatic rings. The third kappa shape index (κ3) is 4.43. The predicted octanol–water partition coefficient (Wildman–Crippen LogP) is 2.59. The van der Waals surface area contributed by atoms with Gasteiger partial charge in [-0.1, -0.05) is 0 Å². The molecule has 0 spiro atoms. The zero-order valence-electron chi connectivity index (χ0n) is 16.0. The molecule has 1 aliphatic rings. The number of nitrogens with zero attached hydrogens (tertiary/aromatic N) is 4. The Morgan fingerprint density at radius 3 is 2.83 bits per heavy atom. The molecule has 1 saturated heterocycles. The highest BCUT2D eigenvalue weighted by atomic mass is 16.4. The topological polar surface area (TPSA) is 104 Å². The van der Waals surface area contributed by atoms with Gasteiger partial charge < -0.3 is 19.7 Å². The quantitative estimate of drug-likeness (QED) is 0.636. The lowest BCUT2D eigenvalue weighted by Gasteiger charge is -2.17.